The zero-order valence-corrected chi connectivity index (χ0v) is 15.7. The Hall–Kier alpha value is -2.95. The van der Waals surface area contributed by atoms with Crippen molar-refractivity contribution in [3.8, 4) is 11.1 Å². The van der Waals surface area contributed by atoms with E-state index in [0.717, 1.165) is 71.1 Å². The van der Waals surface area contributed by atoms with Crippen molar-refractivity contribution in [1.29, 1.82) is 0 Å². The van der Waals surface area contributed by atoms with Crippen molar-refractivity contribution in [2.75, 3.05) is 5.73 Å². The van der Waals surface area contributed by atoms with E-state index < -0.39 is 0 Å². The minimum absolute atomic E-state index is 0.492. The van der Waals surface area contributed by atoms with Crippen LogP contribution >= 0.6 is 0 Å². The number of anilines is 1. The Balaban J connectivity index is 1.96. The van der Waals surface area contributed by atoms with Gasteiger partial charge in [-0.05, 0) is 30.5 Å². The van der Waals surface area contributed by atoms with Crippen LogP contribution in [0, 0.1) is 6.92 Å². The Kier molecular flexibility index (Phi) is 4.75. The summed E-state index contributed by atoms with van der Waals surface area (Å²) in [6.07, 6.45) is 7.53. The summed E-state index contributed by atoms with van der Waals surface area (Å²) in [6, 6.07) is 10.3. The fourth-order valence-electron chi connectivity index (χ4n) is 3.60. The largest absolute Gasteiger partial charge is 0.382 e. The van der Waals surface area contributed by atoms with Crippen molar-refractivity contribution >= 4 is 27.8 Å². The van der Waals surface area contributed by atoms with Gasteiger partial charge < -0.3 is 10.3 Å². The molecule has 137 valence electrons. The van der Waals surface area contributed by atoms with Gasteiger partial charge >= 0.3 is 0 Å². The Morgan fingerprint density at radius 3 is 2.78 bits per heavy atom. The van der Waals surface area contributed by atoms with Gasteiger partial charge in [0.05, 0.1) is 11.0 Å². The molecule has 3 heterocycles. The van der Waals surface area contributed by atoms with E-state index in [-0.39, 0.29) is 0 Å². The second-order valence-electron chi connectivity index (χ2n) is 6.80. The first-order valence-electron chi connectivity index (χ1n) is 9.51. The topological polar surface area (TPSA) is 69.6 Å². The van der Waals surface area contributed by atoms with Crippen molar-refractivity contribution < 1.29 is 0 Å². The van der Waals surface area contributed by atoms with Crippen LogP contribution in [0.25, 0.3) is 33.1 Å². The summed E-state index contributed by atoms with van der Waals surface area (Å²) in [5, 5.41) is 1.09. The van der Waals surface area contributed by atoms with Crippen molar-refractivity contribution in [1.82, 2.24) is 19.5 Å². The van der Waals surface area contributed by atoms with Crippen LogP contribution in [-0.2, 0) is 13.0 Å². The number of aromatic nitrogens is 4. The molecule has 0 saturated carbocycles. The summed E-state index contributed by atoms with van der Waals surface area (Å²) in [5.41, 5.74) is 11.2. The van der Waals surface area contributed by atoms with E-state index in [0.29, 0.717) is 5.82 Å². The predicted octanol–water partition coefficient (Wildman–Crippen LogP) is 4.80. The van der Waals surface area contributed by atoms with E-state index in [2.05, 4.69) is 46.6 Å². The van der Waals surface area contributed by atoms with E-state index in [9.17, 15) is 0 Å². The van der Waals surface area contributed by atoms with Gasteiger partial charge in [0.2, 0.25) is 0 Å². The number of imidazole rings is 1. The van der Waals surface area contributed by atoms with Gasteiger partial charge in [0, 0.05) is 36.3 Å². The SMILES string of the molecule is [CH2]CCCn1c(CCC)nc2c(N)nc3cc(-c4cccnc4)ccc3c21. The lowest BCUT2D eigenvalue weighted by molar-refractivity contribution is 0.625. The molecule has 0 aliphatic carbocycles. The highest BCUT2D eigenvalue weighted by Gasteiger charge is 2.17. The van der Waals surface area contributed by atoms with Crippen LogP contribution in [0.3, 0.4) is 0 Å². The molecule has 0 aliphatic heterocycles. The molecule has 0 fully saturated rings. The molecule has 4 aromatic rings. The predicted molar refractivity (Wildman–Crippen MR) is 111 cm³/mol. The van der Waals surface area contributed by atoms with Gasteiger partial charge in [0.25, 0.3) is 0 Å². The number of nitrogens with zero attached hydrogens (tertiary/aromatic N) is 4. The molecule has 1 radical (unpaired) electrons. The van der Waals surface area contributed by atoms with Crippen LogP contribution < -0.4 is 5.73 Å². The molecule has 0 bridgehead atoms. The number of benzene rings is 1. The minimum Gasteiger partial charge on any atom is -0.382 e. The van der Waals surface area contributed by atoms with Gasteiger partial charge in [0.15, 0.2) is 5.82 Å². The molecule has 0 unspecified atom stereocenters. The Morgan fingerprint density at radius 2 is 2.04 bits per heavy atom. The standard InChI is InChI=1S/C22H24N5/c1-3-5-12-27-19(7-4-2)26-20-21(27)17-10-9-15(13-18(17)25-22(20)23)16-8-6-11-24-14-16/h6,8-11,13-14H,1,3-5,7,12H2,2H3,(H2,23,25). The number of aryl methyl sites for hydroxylation is 2. The lowest BCUT2D eigenvalue weighted by atomic mass is 10.0. The third-order valence-electron chi connectivity index (χ3n) is 4.88. The highest BCUT2D eigenvalue weighted by Crippen LogP contribution is 2.32. The molecule has 0 saturated heterocycles. The molecular formula is C22H24N5. The Labute approximate surface area is 159 Å². The Morgan fingerprint density at radius 1 is 1.15 bits per heavy atom. The highest BCUT2D eigenvalue weighted by molar-refractivity contribution is 6.07. The van der Waals surface area contributed by atoms with Crippen LogP contribution in [0.5, 0.6) is 0 Å². The van der Waals surface area contributed by atoms with Crippen LogP contribution in [0.15, 0.2) is 42.7 Å². The average Bonchev–Trinajstić information content (AvgIpc) is 3.06. The fraction of sp³-hybridized carbons (Fsp3) is 0.273. The molecule has 2 N–H and O–H groups in total. The first-order valence-corrected chi connectivity index (χ1v) is 9.51. The third-order valence-corrected chi connectivity index (χ3v) is 4.88. The number of rotatable bonds is 6. The number of nitrogen functional groups attached to an aromatic ring is 1. The van der Waals surface area contributed by atoms with Crippen molar-refractivity contribution in [2.45, 2.75) is 39.2 Å². The lowest BCUT2D eigenvalue weighted by Crippen LogP contribution is -2.04. The summed E-state index contributed by atoms with van der Waals surface area (Å²) in [7, 11) is 0. The van der Waals surface area contributed by atoms with E-state index >= 15 is 0 Å². The molecule has 3 aromatic heterocycles. The lowest BCUT2D eigenvalue weighted by Gasteiger charge is -2.11. The summed E-state index contributed by atoms with van der Waals surface area (Å²) < 4.78 is 2.31. The molecule has 1 aromatic carbocycles. The van der Waals surface area contributed by atoms with E-state index in [1.807, 2.05) is 18.3 Å². The van der Waals surface area contributed by atoms with E-state index in [4.69, 9.17) is 10.7 Å². The van der Waals surface area contributed by atoms with Crippen LogP contribution in [-0.4, -0.2) is 19.5 Å². The van der Waals surface area contributed by atoms with Crippen molar-refractivity contribution in [2.24, 2.45) is 0 Å². The van der Waals surface area contributed by atoms with E-state index in [1.165, 1.54) is 0 Å². The minimum atomic E-state index is 0.492. The van der Waals surface area contributed by atoms with Crippen LogP contribution in [0.1, 0.15) is 32.0 Å². The molecule has 5 heteroatoms. The zero-order valence-electron chi connectivity index (χ0n) is 15.7. The third kappa shape index (κ3) is 3.14. The monoisotopic (exact) mass is 358 g/mol. The maximum atomic E-state index is 6.31. The number of hydrogen-bond acceptors (Lipinski definition) is 4. The fourth-order valence-corrected chi connectivity index (χ4v) is 3.60. The summed E-state index contributed by atoms with van der Waals surface area (Å²) in [5.74, 6) is 1.57. The molecule has 0 atom stereocenters. The van der Waals surface area contributed by atoms with Gasteiger partial charge in [-0.1, -0.05) is 38.5 Å². The maximum Gasteiger partial charge on any atom is 0.152 e. The maximum absolute atomic E-state index is 6.31. The highest BCUT2D eigenvalue weighted by atomic mass is 15.1. The van der Waals surface area contributed by atoms with Gasteiger partial charge in [0.1, 0.15) is 11.3 Å². The Bertz CT molecular complexity index is 1080. The molecule has 0 amide bonds. The van der Waals surface area contributed by atoms with Gasteiger partial charge in [-0.3, -0.25) is 4.98 Å². The van der Waals surface area contributed by atoms with Crippen molar-refractivity contribution in [3.05, 3.63) is 55.5 Å². The summed E-state index contributed by atoms with van der Waals surface area (Å²) >= 11 is 0. The quantitative estimate of drug-likeness (QED) is 0.538. The molecule has 27 heavy (non-hydrogen) atoms. The second-order valence-corrected chi connectivity index (χ2v) is 6.80. The number of fused-ring (bicyclic) bond motifs is 3. The molecule has 4 rings (SSSR count). The van der Waals surface area contributed by atoms with E-state index in [1.54, 1.807) is 6.20 Å². The molecule has 5 nitrogen and oxygen atoms in total. The van der Waals surface area contributed by atoms with Gasteiger partial charge in [-0.25, -0.2) is 9.97 Å². The van der Waals surface area contributed by atoms with Crippen LogP contribution in [0.4, 0.5) is 5.82 Å². The normalized spacial score (nSPS) is 11.5. The summed E-state index contributed by atoms with van der Waals surface area (Å²) in [6.45, 7) is 7.06. The van der Waals surface area contributed by atoms with Crippen molar-refractivity contribution in [3.63, 3.8) is 0 Å². The molecule has 0 aliphatic rings. The number of unbranched alkanes of at least 4 members (excludes halogenated alkanes) is 1. The number of nitrogens with two attached hydrogens (primary N) is 1. The molecule has 0 spiro atoms. The smallest absolute Gasteiger partial charge is 0.152 e. The first kappa shape index (κ1) is 17.5. The average molecular weight is 358 g/mol. The first-order chi connectivity index (χ1) is 13.2. The van der Waals surface area contributed by atoms with Gasteiger partial charge in [-0.2, -0.15) is 0 Å². The number of hydrogen-bond donors (Lipinski definition) is 1. The summed E-state index contributed by atoms with van der Waals surface area (Å²) in [4.78, 5) is 13.7. The van der Waals surface area contributed by atoms with Crippen LogP contribution in [0.2, 0.25) is 0 Å². The molecular weight excluding hydrogens is 334 g/mol. The van der Waals surface area contributed by atoms with Gasteiger partial charge in [-0.15, -0.1) is 0 Å². The number of pyridine rings is 2. The second kappa shape index (κ2) is 7.35. The zero-order chi connectivity index (χ0) is 18.8.